The van der Waals surface area contributed by atoms with Crippen molar-refractivity contribution in [1.29, 1.82) is 0 Å². The van der Waals surface area contributed by atoms with Gasteiger partial charge >= 0.3 is 11.7 Å². The van der Waals surface area contributed by atoms with Crippen LogP contribution in [0.3, 0.4) is 0 Å². The monoisotopic (exact) mass is 793 g/mol. The van der Waals surface area contributed by atoms with Crippen LogP contribution in [0.4, 0.5) is 4.79 Å². The molecule has 2 aliphatic heterocycles. The number of aliphatic hydroxyl groups excluding tert-OH is 1. The number of piperidine rings is 1. The number of benzene rings is 5. The number of urea groups is 1. The highest BCUT2D eigenvalue weighted by atomic mass is 16.7. The summed E-state index contributed by atoms with van der Waals surface area (Å²) in [5.41, 5.74) is 7.38. The van der Waals surface area contributed by atoms with E-state index in [0.717, 1.165) is 70.3 Å². The van der Waals surface area contributed by atoms with Crippen LogP contribution in [0.1, 0.15) is 77.5 Å². The van der Waals surface area contributed by atoms with Crippen molar-refractivity contribution in [2.24, 2.45) is 0 Å². The maximum Gasteiger partial charge on any atom is 0.326 e. The first-order valence-electron chi connectivity index (χ1n) is 20.5. The molecule has 11 nitrogen and oxygen atoms in total. The third-order valence-corrected chi connectivity index (χ3v) is 11.7. The summed E-state index contributed by atoms with van der Waals surface area (Å²) >= 11 is 0. The molecule has 2 amide bonds. The Balaban J connectivity index is 0.994. The zero-order valence-corrected chi connectivity index (χ0v) is 33.2. The van der Waals surface area contributed by atoms with Gasteiger partial charge in [0.2, 0.25) is 0 Å². The molecule has 0 spiro atoms. The van der Waals surface area contributed by atoms with E-state index in [-0.39, 0.29) is 48.8 Å². The van der Waals surface area contributed by atoms with Crippen LogP contribution in [-0.2, 0) is 33.8 Å². The lowest BCUT2D eigenvalue weighted by atomic mass is 9.83. The molecule has 6 aromatic rings. The minimum Gasteiger partial charge on any atom is -0.392 e. The topological polar surface area (TPSA) is 138 Å². The summed E-state index contributed by atoms with van der Waals surface area (Å²) in [6, 6.07) is 42.7. The van der Waals surface area contributed by atoms with E-state index < -0.39 is 18.4 Å². The fourth-order valence-corrected chi connectivity index (χ4v) is 8.55. The van der Waals surface area contributed by atoms with Gasteiger partial charge in [-0.3, -0.25) is 9.36 Å². The number of likely N-dealkylation sites (tertiary alicyclic amines) is 1. The highest BCUT2D eigenvalue weighted by molar-refractivity contribution is 5.87. The minimum atomic E-state index is -0.676. The van der Waals surface area contributed by atoms with Crippen molar-refractivity contribution in [2.45, 2.75) is 75.8 Å². The Morgan fingerprint density at radius 3 is 2.10 bits per heavy atom. The van der Waals surface area contributed by atoms with Gasteiger partial charge in [-0.15, -0.1) is 0 Å². The number of fused-ring (bicyclic) bond motifs is 1. The van der Waals surface area contributed by atoms with Crippen LogP contribution in [0.25, 0.3) is 11.0 Å². The number of nitrogens with zero attached hydrogens (tertiary/aromatic N) is 2. The second kappa shape index (κ2) is 18.4. The molecule has 1 unspecified atom stereocenters. The Morgan fingerprint density at radius 2 is 1.41 bits per heavy atom. The van der Waals surface area contributed by atoms with Gasteiger partial charge in [0.05, 0.1) is 35.9 Å². The summed E-state index contributed by atoms with van der Waals surface area (Å²) < 4.78 is 15.9. The fraction of sp³-hybridized carbons (Fsp3) is 0.312. The van der Waals surface area contributed by atoms with Gasteiger partial charge in [-0.05, 0) is 66.1 Å². The van der Waals surface area contributed by atoms with E-state index in [1.165, 1.54) is 6.92 Å². The molecular formula is C48H51N5O6. The van der Waals surface area contributed by atoms with Crippen LogP contribution in [0.15, 0.2) is 138 Å². The second-order valence-electron chi connectivity index (χ2n) is 15.7. The largest absolute Gasteiger partial charge is 0.392 e. The molecule has 1 aromatic heterocycles. The molecule has 5 aromatic carbocycles. The van der Waals surface area contributed by atoms with Gasteiger partial charge in [-0.2, -0.15) is 0 Å². The van der Waals surface area contributed by atoms with Crippen LogP contribution < -0.4 is 16.3 Å². The van der Waals surface area contributed by atoms with Crippen molar-refractivity contribution in [3.63, 3.8) is 0 Å². The third-order valence-electron chi connectivity index (χ3n) is 11.7. The van der Waals surface area contributed by atoms with Crippen LogP contribution in [0, 0.1) is 0 Å². The average Bonchev–Trinajstić information content (AvgIpc) is 3.61. The number of para-hydroxylation sites is 2. The average molecular weight is 794 g/mol. The molecule has 8 rings (SSSR count). The SMILES string of the molecule is CC(=O)[C@@H](Cc1ccccc1)NC(=O)NCc1ccc(C2O[C@H](CN3CCC(n4c(=O)[nH]c5ccccc54)CC3)[C@@H](c3ccccc3)[C@H](c3ccc(CO)cc3)O2)cc1. The summed E-state index contributed by atoms with van der Waals surface area (Å²) in [5.74, 6) is -0.243. The zero-order valence-electron chi connectivity index (χ0n) is 33.2. The molecule has 0 aliphatic carbocycles. The lowest BCUT2D eigenvalue weighted by Gasteiger charge is -2.45. The van der Waals surface area contributed by atoms with Crippen LogP contribution in [0.2, 0.25) is 0 Å². The summed E-state index contributed by atoms with van der Waals surface area (Å²) in [6.07, 6.45) is 0.818. The van der Waals surface area contributed by atoms with E-state index in [1.807, 2.05) is 126 Å². The van der Waals surface area contributed by atoms with Gasteiger partial charge < -0.3 is 35.1 Å². The molecule has 2 aliphatic rings. The summed E-state index contributed by atoms with van der Waals surface area (Å²) in [6.45, 7) is 4.01. The zero-order chi connectivity index (χ0) is 40.7. The third kappa shape index (κ3) is 9.40. The summed E-state index contributed by atoms with van der Waals surface area (Å²) in [5, 5.41) is 15.5. The Bertz CT molecular complexity index is 2370. The van der Waals surface area contributed by atoms with E-state index >= 15 is 0 Å². The quantitative estimate of drug-likeness (QED) is 0.0980. The van der Waals surface area contributed by atoms with E-state index in [0.29, 0.717) is 13.0 Å². The molecule has 0 radical (unpaired) electrons. The van der Waals surface area contributed by atoms with E-state index in [4.69, 9.17) is 9.47 Å². The number of aliphatic hydroxyl groups is 1. The van der Waals surface area contributed by atoms with Gasteiger partial charge in [0, 0.05) is 43.7 Å². The number of ketones is 1. The molecular weight excluding hydrogens is 743 g/mol. The number of rotatable bonds is 13. The molecule has 11 heteroatoms. The van der Waals surface area contributed by atoms with Crippen molar-refractivity contribution in [3.8, 4) is 0 Å². The number of aromatic amines is 1. The first-order chi connectivity index (χ1) is 28.8. The molecule has 4 N–H and O–H groups in total. The Morgan fingerprint density at radius 1 is 0.763 bits per heavy atom. The first-order valence-corrected chi connectivity index (χ1v) is 20.5. The number of ether oxygens (including phenoxy) is 2. The highest BCUT2D eigenvalue weighted by Crippen LogP contribution is 2.47. The predicted octanol–water partition coefficient (Wildman–Crippen LogP) is 7.10. The van der Waals surface area contributed by atoms with Crippen molar-refractivity contribution < 1.29 is 24.2 Å². The number of hydrogen-bond acceptors (Lipinski definition) is 7. The minimum absolute atomic E-state index is 0.0449. The number of nitrogens with one attached hydrogen (secondary N) is 3. The van der Waals surface area contributed by atoms with Gasteiger partial charge in [0.15, 0.2) is 12.1 Å². The number of amides is 2. The van der Waals surface area contributed by atoms with Gasteiger partial charge in [0.25, 0.3) is 0 Å². The molecule has 0 bridgehead atoms. The number of hydrogen-bond donors (Lipinski definition) is 4. The number of carbonyl (C=O) groups is 2. The normalized spacial score (nSPS) is 20.6. The standard InChI is InChI=1S/C48H51N5O6/c1-32(55)41(28-33-10-4-2-5-11-33)50-47(56)49-29-34-16-22-38(23-17-34)46-58-43(30-52-26-24-39(25-27-52)53-42-15-9-8-14-40(42)51-48(53)57)44(36-12-6-3-7-13-36)45(59-46)37-20-18-35(31-54)19-21-37/h2-23,39,41,43-46,54H,24-31H2,1H3,(H,51,57)(H2,49,50,56)/t41-,43-,44-,45+,46?/m1/s1. The number of Topliss-reactive ketones (excluding diaryl/α,β-unsaturated/α-hetero) is 1. The van der Waals surface area contributed by atoms with Crippen LogP contribution in [-0.4, -0.2) is 63.2 Å². The fourth-order valence-electron chi connectivity index (χ4n) is 8.55. The van der Waals surface area contributed by atoms with Crippen molar-refractivity contribution in [3.05, 3.63) is 177 Å². The van der Waals surface area contributed by atoms with Gasteiger partial charge in [-0.25, -0.2) is 9.59 Å². The van der Waals surface area contributed by atoms with Crippen LogP contribution in [0.5, 0.6) is 0 Å². The molecule has 0 saturated carbocycles. The number of H-pyrrole nitrogens is 1. The Labute approximate surface area is 344 Å². The van der Waals surface area contributed by atoms with Crippen LogP contribution >= 0.6 is 0 Å². The lowest BCUT2D eigenvalue weighted by molar-refractivity contribution is -0.264. The predicted molar refractivity (Wildman–Crippen MR) is 227 cm³/mol. The van der Waals surface area contributed by atoms with E-state index in [9.17, 15) is 19.5 Å². The highest BCUT2D eigenvalue weighted by Gasteiger charge is 2.43. The van der Waals surface area contributed by atoms with Crippen molar-refractivity contribution >= 4 is 22.8 Å². The van der Waals surface area contributed by atoms with Crippen molar-refractivity contribution in [2.75, 3.05) is 19.6 Å². The molecule has 3 heterocycles. The Hall–Kier alpha value is -5.85. The number of carbonyl (C=O) groups excluding carboxylic acids is 2. The molecule has 304 valence electrons. The number of imidazole rings is 1. The second-order valence-corrected chi connectivity index (χ2v) is 15.7. The van der Waals surface area contributed by atoms with E-state index in [1.54, 1.807) is 0 Å². The van der Waals surface area contributed by atoms with Gasteiger partial charge in [0.1, 0.15) is 0 Å². The maximum atomic E-state index is 13.0. The molecule has 59 heavy (non-hydrogen) atoms. The molecule has 2 saturated heterocycles. The lowest BCUT2D eigenvalue weighted by Crippen LogP contribution is -2.47. The summed E-state index contributed by atoms with van der Waals surface area (Å²) in [7, 11) is 0. The first kappa shape index (κ1) is 40.0. The molecule has 5 atom stereocenters. The Kier molecular flexibility index (Phi) is 12.4. The van der Waals surface area contributed by atoms with Gasteiger partial charge in [-0.1, -0.05) is 121 Å². The maximum absolute atomic E-state index is 13.0. The molecule has 2 fully saturated rings. The number of aromatic nitrogens is 2. The summed E-state index contributed by atoms with van der Waals surface area (Å²) in [4.78, 5) is 43.7. The van der Waals surface area contributed by atoms with Crippen molar-refractivity contribution in [1.82, 2.24) is 25.1 Å². The smallest absolute Gasteiger partial charge is 0.326 e. The van der Waals surface area contributed by atoms with E-state index in [2.05, 4.69) is 32.7 Å².